The van der Waals surface area contributed by atoms with Crippen LogP contribution >= 0.6 is 0 Å². The molecule has 0 unspecified atom stereocenters. The Balaban J connectivity index is 1.61. The molecule has 0 atom stereocenters. The Bertz CT molecular complexity index is 1010. The van der Waals surface area contributed by atoms with Crippen molar-refractivity contribution in [3.8, 4) is 28.5 Å². The summed E-state index contributed by atoms with van der Waals surface area (Å²) >= 11 is 0. The van der Waals surface area contributed by atoms with Crippen molar-refractivity contribution in [1.29, 1.82) is 0 Å². The number of phenolic OH excluding ortho intramolecular Hbond substituents is 1. The molecule has 0 aliphatic carbocycles. The van der Waals surface area contributed by atoms with Crippen LogP contribution in [0, 0.1) is 0 Å². The van der Waals surface area contributed by atoms with E-state index in [0.717, 1.165) is 17.7 Å². The van der Waals surface area contributed by atoms with Crippen molar-refractivity contribution >= 4 is 12.1 Å². The Morgan fingerprint density at radius 2 is 1.97 bits per heavy atom. The van der Waals surface area contributed by atoms with Gasteiger partial charge < -0.3 is 14.6 Å². The minimum absolute atomic E-state index is 0.0491. The van der Waals surface area contributed by atoms with Crippen molar-refractivity contribution in [3.63, 3.8) is 0 Å². The van der Waals surface area contributed by atoms with Crippen LogP contribution in [0.1, 0.15) is 36.3 Å². The zero-order chi connectivity index (χ0) is 21.3. The van der Waals surface area contributed by atoms with Crippen LogP contribution in [-0.4, -0.2) is 40.6 Å². The maximum absolute atomic E-state index is 12.3. The van der Waals surface area contributed by atoms with Crippen molar-refractivity contribution in [1.82, 2.24) is 15.6 Å². The van der Waals surface area contributed by atoms with Gasteiger partial charge in [0.15, 0.2) is 11.5 Å². The van der Waals surface area contributed by atoms with E-state index in [-0.39, 0.29) is 11.4 Å². The second kappa shape index (κ2) is 10.1. The highest BCUT2D eigenvalue weighted by molar-refractivity contribution is 5.94. The molecule has 2 aromatic carbocycles. The van der Waals surface area contributed by atoms with Crippen molar-refractivity contribution < 1.29 is 19.4 Å². The van der Waals surface area contributed by atoms with Crippen LogP contribution in [-0.2, 0) is 0 Å². The predicted molar refractivity (Wildman–Crippen MR) is 114 cm³/mol. The number of hydrogen-bond donors (Lipinski definition) is 3. The monoisotopic (exact) mass is 408 g/mol. The fourth-order valence-electron chi connectivity index (χ4n) is 2.64. The van der Waals surface area contributed by atoms with E-state index in [1.807, 2.05) is 31.2 Å². The second-order valence-electron chi connectivity index (χ2n) is 6.40. The molecule has 156 valence electrons. The third-order valence-electron chi connectivity index (χ3n) is 4.11. The van der Waals surface area contributed by atoms with Crippen molar-refractivity contribution in [2.75, 3.05) is 13.2 Å². The topological polar surface area (TPSA) is 109 Å². The van der Waals surface area contributed by atoms with Gasteiger partial charge in [0.05, 0.1) is 25.1 Å². The largest absolute Gasteiger partial charge is 0.504 e. The van der Waals surface area contributed by atoms with E-state index in [9.17, 15) is 9.90 Å². The molecule has 0 saturated heterocycles. The fourth-order valence-corrected chi connectivity index (χ4v) is 2.64. The number of aromatic hydroxyl groups is 1. The normalized spacial score (nSPS) is 10.9. The van der Waals surface area contributed by atoms with E-state index in [4.69, 9.17) is 9.47 Å². The Labute approximate surface area is 174 Å². The van der Waals surface area contributed by atoms with Crippen molar-refractivity contribution in [3.05, 3.63) is 59.8 Å². The summed E-state index contributed by atoms with van der Waals surface area (Å²) in [7, 11) is 0. The summed E-state index contributed by atoms with van der Waals surface area (Å²) in [5, 5.41) is 20.6. The van der Waals surface area contributed by atoms with Crippen molar-refractivity contribution in [2.24, 2.45) is 5.10 Å². The zero-order valence-corrected chi connectivity index (χ0v) is 16.9. The van der Waals surface area contributed by atoms with E-state index in [2.05, 4.69) is 27.6 Å². The molecule has 0 bridgehead atoms. The van der Waals surface area contributed by atoms with Gasteiger partial charge in [-0.1, -0.05) is 6.92 Å². The van der Waals surface area contributed by atoms with Gasteiger partial charge in [-0.05, 0) is 67.4 Å². The highest BCUT2D eigenvalue weighted by Gasteiger charge is 2.10. The Morgan fingerprint density at radius 1 is 1.17 bits per heavy atom. The number of nitrogens with zero attached hydrogens (tertiary/aromatic N) is 2. The molecule has 0 aliphatic heterocycles. The van der Waals surface area contributed by atoms with Crippen LogP contribution in [0.2, 0.25) is 0 Å². The van der Waals surface area contributed by atoms with Crippen molar-refractivity contribution in [2.45, 2.75) is 20.3 Å². The lowest BCUT2D eigenvalue weighted by Gasteiger charge is -2.05. The fraction of sp³-hybridized carbons (Fsp3) is 0.227. The number of aromatic amines is 1. The number of amides is 1. The number of ether oxygens (including phenoxy) is 2. The first kappa shape index (κ1) is 20.9. The number of hydrogen-bond acceptors (Lipinski definition) is 6. The molecule has 30 heavy (non-hydrogen) atoms. The van der Waals surface area contributed by atoms with E-state index in [1.54, 1.807) is 18.2 Å². The Kier molecular flexibility index (Phi) is 7.05. The van der Waals surface area contributed by atoms with E-state index in [1.165, 1.54) is 12.3 Å². The maximum atomic E-state index is 12.3. The first-order valence-corrected chi connectivity index (χ1v) is 9.68. The lowest BCUT2D eigenvalue weighted by molar-refractivity contribution is 0.0950. The van der Waals surface area contributed by atoms with E-state index in [0.29, 0.717) is 30.2 Å². The molecule has 3 aromatic rings. The molecule has 8 heteroatoms. The number of nitrogens with one attached hydrogen (secondary N) is 2. The summed E-state index contributed by atoms with van der Waals surface area (Å²) in [5.41, 5.74) is 4.92. The third-order valence-corrected chi connectivity index (χ3v) is 4.11. The molecule has 1 heterocycles. The van der Waals surface area contributed by atoms with E-state index >= 15 is 0 Å². The number of benzene rings is 2. The number of carbonyl (C=O) groups is 1. The van der Waals surface area contributed by atoms with Gasteiger partial charge >= 0.3 is 0 Å². The number of aromatic nitrogens is 2. The van der Waals surface area contributed by atoms with Gasteiger partial charge in [0.2, 0.25) is 0 Å². The lowest BCUT2D eigenvalue weighted by atomic mass is 10.1. The number of hydrazone groups is 1. The summed E-state index contributed by atoms with van der Waals surface area (Å²) in [6, 6.07) is 14.0. The van der Waals surface area contributed by atoms with Crippen LogP contribution in [0.25, 0.3) is 11.3 Å². The Hall–Kier alpha value is -3.81. The highest BCUT2D eigenvalue weighted by atomic mass is 16.5. The minimum atomic E-state index is -0.420. The van der Waals surface area contributed by atoms with Crippen LogP contribution in [0.4, 0.5) is 0 Å². The van der Waals surface area contributed by atoms with Crippen LogP contribution < -0.4 is 14.9 Å². The smallest absolute Gasteiger partial charge is 0.289 e. The summed E-state index contributed by atoms with van der Waals surface area (Å²) in [5.74, 6) is 0.784. The van der Waals surface area contributed by atoms with Gasteiger partial charge in [-0.3, -0.25) is 9.89 Å². The minimum Gasteiger partial charge on any atom is -0.504 e. The molecule has 1 amide bonds. The van der Waals surface area contributed by atoms with Gasteiger partial charge in [0.25, 0.3) is 5.91 Å². The van der Waals surface area contributed by atoms with Gasteiger partial charge in [0.1, 0.15) is 11.4 Å². The molecular formula is C22H24N4O4. The molecule has 8 nitrogen and oxygen atoms in total. The number of phenols is 1. The standard InChI is InChI=1S/C22H24N4O4/c1-3-11-30-17-8-6-16(7-9-17)18-13-19(25-24-18)22(28)26-23-14-15-5-10-20(27)21(12-15)29-4-2/h5-10,12-14,27H,3-4,11H2,1-2H3,(H,24,25)(H,26,28)/b23-14+. The predicted octanol–water partition coefficient (Wildman–Crippen LogP) is 3.73. The first-order chi connectivity index (χ1) is 14.6. The van der Waals surface area contributed by atoms with Gasteiger partial charge in [-0.2, -0.15) is 10.2 Å². The molecule has 0 saturated carbocycles. The van der Waals surface area contributed by atoms with Gasteiger partial charge in [-0.15, -0.1) is 0 Å². The SMILES string of the molecule is CCCOc1ccc(-c2cc(C(=O)N/N=C/c3ccc(O)c(OCC)c3)[nH]n2)cc1. The molecule has 1 aromatic heterocycles. The molecule has 0 spiro atoms. The number of carbonyl (C=O) groups excluding carboxylic acids is 1. The van der Waals surface area contributed by atoms with Crippen LogP contribution in [0.5, 0.6) is 17.2 Å². The lowest BCUT2D eigenvalue weighted by Crippen LogP contribution is -2.18. The van der Waals surface area contributed by atoms with E-state index < -0.39 is 5.91 Å². The van der Waals surface area contributed by atoms with Gasteiger partial charge in [-0.25, -0.2) is 5.43 Å². The molecule has 0 aliphatic rings. The zero-order valence-electron chi connectivity index (χ0n) is 16.9. The average Bonchev–Trinajstić information content (AvgIpc) is 3.25. The van der Waals surface area contributed by atoms with Crippen LogP contribution in [0.3, 0.4) is 0 Å². The second-order valence-corrected chi connectivity index (χ2v) is 6.40. The van der Waals surface area contributed by atoms with Crippen LogP contribution in [0.15, 0.2) is 53.6 Å². The number of rotatable bonds is 9. The summed E-state index contributed by atoms with van der Waals surface area (Å²) in [6.07, 6.45) is 2.41. The Morgan fingerprint density at radius 3 is 2.70 bits per heavy atom. The third kappa shape index (κ3) is 5.38. The highest BCUT2D eigenvalue weighted by Crippen LogP contribution is 2.26. The summed E-state index contributed by atoms with van der Waals surface area (Å²) in [4.78, 5) is 12.3. The molecular weight excluding hydrogens is 384 g/mol. The summed E-state index contributed by atoms with van der Waals surface area (Å²) < 4.78 is 10.9. The molecule has 3 N–H and O–H groups in total. The molecule has 0 fully saturated rings. The quantitative estimate of drug-likeness (QED) is 0.369. The first-order valence-electron chi connectivity index (χ1n) is 9.68. The maximum Gasteiger partial charge on any atom is 0.289 e. The summed E-state index contributed by atoms with van der Waals surface area (Å²) in [6.45, 7) is 4.98. The molecule has 3 rings (SSSR count). The molecule has 0 radical (unpaired) electrons. The number of H-pyrrole nitrogens is 1. The van der Waals surface area contributed by atoms with Gasteiger partial charge in [0, 0.05) is 5.56 Å². The average molecular weight is 408 g/mol.